The fourth-order valence-electron chi connectivity index (χ4n) is 1.19. The van der Waals surface area contributed by atoms with E-state index >= 15 is 0 Å². The molecule has 0 radical (unpaired) electrons. The monoisotopic (exact) mass is 216 g/mol. The number of aliphatic carboxylic acids is 1. The Balaban J connectivity index is 2.20. The normalized spacial score (nSPS) is 10.8. The van der Waals surface area contributed by atoms with Crippen LogP contribution >= 0.6 is 0 Å². The smallest absolute Gasteiger partial charge is 0.328 e. The number of aromatic nitrogens is 4. The van der Waals surface area contributed by atoms with Crippen LogP contribution in [0.2, 0.25) is 0 Å². The van der Waals surface area contributed by atoms with E-state index in [0.29, 0.717) is 0 Å². The Bertz CT molecular complexity index is 502. The van der Waals surface area contributed by atoms with Crippen LogP contribution < -0.4 is 0 Å². The van der Waals surface area contributed by atoms with Gasteiger partial charge in [0, 0.05) is 6.08 Å². The van der Waals surface area contributed by atoms with Gasteiger partial charge in [0.15, 0.2) is 0 Å². The maximum Gasteiger partial charge on any atom is 0.328 e. The molecule has 0 aliphatic heterocycles. The van der Waals surface area contributed by atoms with Crippen molar-refractivity contribution < 1.29 is 9.90 Å². The number of hydrogen-bond donors (Lipinski definition) is 1. The molecule has 0 aliphatic rings. The van der Waals surface area contributed by atoms with Gasteiger partial charge in [-0.3, -0.25) is 0 Å². The molecule has 0 aliphatic carbocycles. The van der Waals surface area contributed by atoms with Gasteiger partial charge in [0.2, 0.25) is 0 Å². The molecule has 0 atom stereocenters. The fraction of sp³-hybridized carbons (Fsp3) is 0. The van der Waals surface area contributed by atoms with Crippen LogP contribution in [0, 0.1) is 0 Å². The van der Waals surface area contributed by atoms with E-state index in [2.05, 4.69) is 15.5 Å². The zero-order valence-electron chi connectivity index (χ0n) is 8.19. The Morgan fingerprint density at radius 2 is 2.06 bits per heavy atom. The van der Waals surface area contributed by atoms with Crippen LogP contribution in [-0.2, 0) is 4.79 Å². The van der Waals surface area contributed by atoms with E-state index in [4.69, 9.17) is 5.11 Å². The molecule has 0 unspecified atom stereocenters. The maximum atomic E-state index is 10.3. The van der Waals surface area contributed by atoms with Crippen molar-refractivity contribution >= 4 is 12.0 Å². The minimum Gasteiger partial charge on any atom is -0.478 e. The quantitative estimate of drug-likeness (QED) is 0.766. The summed E-state index contributed by atoms with van der Waals surface area (Å²) in [5.74, 6) is -0.968. The number of benzene rings is 1. The average Bonchev–Trinajstić information content (AvgIpc) is 2.80. The van der Waals surface area contributed by atoms with Gasteiger partial charge in [-0.1, -0.05) is 12.1 Å². The zero-order chi connectivity index (χ0) is 11.4. The minimum absolute atomic E-state index is 0.805. The highest BCUT2D eigenvalue weighted by Gasteiger charge is 1.96. The molecule has 0 fully saturated rings. The second-order valence-corrected chi connectivity index (χ2v) is 3.02. The van der Waals surface area contributed by atoms with Crippen molar-refractivity contribution in [1.29, 1.82) is 0 Å². The van der Waals surface area contributed by atoms with Crippen molar-refractivity contribution in [2.45, 2.75) is 0 Å². The van der Waals surface area contributed by atoms with E-state index in [1.54, 1.807) is 24.3 Å². The second-order valence-electron chi connectivity index (χ2n) is 3.02. The van der Waals surface area contributed by atoms with Gasteiger partial charge in [0.05, 0.1) is 5.69 Å². The third-order valence-corrected chi connectivity index (χ3v) is 1.93. The van der Waals surface area contributed by atoms with E-state index in [0.717, 1.165) is 17.3 Å². The standard InChI is InChI=1S/C10H8N4O2/c15-10(16)6-3-8-1-4-9(5-2-8)14-7-11-12-13-14/h1-7H,(H,15,16)/b6-3+. The van der Waals surface area contributed by atoms with Crippen LogP contribution in [-0.4, -0.2) is 31.3 Å². The summed E-state index contributed by atoms with van der Waals surface area (Å²) >= 11 is 0. The van der Waals surface area contributed by atoms with Crippen molar-refractivity contribution in [2.75, 3.05) is 0 Å². The van der Waals surface area contributed by atoms with Crippen molar-refractivity contribution in [3.05, 3.63) is 42.2 Å². The molecule has 16 heavy (non-hydrogen) atoms. The van der Waals surface area contributed by atoms with Gasteiger partial charge in [-0.2, -0.15) is 0 Å². The molecule has 0 amide bonds. The lowest BCUT2D eigenvalue weighted by molar-refractivity contribution is -0.131. The van der Waals surface area contributed by atoms with Crippen LogP contribution in [0.5, 0.6) is 0 Å². The molecular weight excluding hydrogens is 208 g/mol. The minimum atomic E-state index is -0.968. The first kappa shape index (κ1) is 10.0. The first-order valence-corrected chi connectivity index (χ1v) is 4.50. The number of carboxylic acids is 1. The summed E-state index contributed by atoms with van der Waals surface area (Å²) in [5.41, 5.74) is 1.62. The molecule has 0 saturated carbocycles. The molecule has 1 aromatic heterocycles. The Morgan fingerprint density at radius 3 is 2.62 bits per heavy atom. The number of tetrazole rings is 1. The lowest BCUT2D eigenvalue weighted by Crippen LogP contribution is -1.94. The van der Waals surface area contributed by atoms with Crippen molar-refractivity contribution in [3.63, 3.8) is 0 Å². The van der Waals surface area contributed by atoms with E-state index in [1.165, 1.54) is 17.1 Å². The second kappa shape index (κ2) is 4.35. The van der Waals surface area contributed by atoms with Crippen LogP contribution in [0.3, 0.4) is 0 Å². The predicted molar refractivity (Wildman–Crippen MR) is 55.8 cm³/mol. The van der Waals surface area contributed by atoms with Gasteiger partial charge in [-0.15, -0.1) is 5.10 Å². The average molecular weight is 216 g/mol. The molecule has 6 heteroatoms. The summed E-state index contributed by atoms with van der Waals surface area (Å²) in [6.07, 6.45) is 4.10. The molecule has 1 N–H and O–H groups in total. The summed E-state index contributed by atoms with van der Waals surface area (Å²) in [5, 5.41) is 19.2. The zero-order valence-corrected chi connectivity index (χ0v) is 8.19. The Labute approximate surface area is 90.8 Å². The molecule has 6 nitrogen and oxygen atoms in total. The largest absolute Gasteiger partial charge is 0.478 e. The van der Waals surface area contributed by atoms with Crippen molar-refractivity contribution in [2.24, 2.45) is 0 Å². The van der Waals surface area contributed by atoms with Gasteiger partial charge in [0.25, 0.3) is 0 Å². The highest BCUT2D eigenvalue weighted by molar-refractivity contribution is 5.85. The molecule has 2 rings (SSSR count). The van der Waals surface area contributed by atoms with Crippen LogP contribution in [0.15, 0.2) is 36.7 Å². The van der Waals surface area contributed by atoms with E-state index in [-0.39, 0.29) is 0 Å². The Morgan fingerprint density at radius 1 is 1.31 bits per heavy atom. The van der Waals surface area contributed by atoms with Crippen LogP contribution in [0.25, 0.3) is 11.8 Å². The molecule has 0 spiro atoms. The lowest BCUT2D eigenvalue weighted by Gasteiger charge is -1.98. The molecule has 0 saturated heterocycles. The van der Waals surface area contributed by atoms with E-state index < -0.39 is 5.97 Å². The molecule has 0 bridgehead atoms. The SMILES string of the molecule is O=C(O)/C=C/c1ccc(-n2cnnn2)cc1. The van der Waals surface area contributed by atoms with Crippen LogP contribution in [0.1, 0.15) is 5.56 Å². The third kappa shape index (κ3) is 2.30. The molecular formula is C10H8N4O2. The molecule has 1 heterocycles. The number of carbonyl (C=O) groups is 1. The first-order valence-electron chi connectivity index (χ1n) is 4.50. The molecule has 80 valence electrons. The summed E-state index contributed by atoms with van der Waals surface area (Å²) in [6, 6.07) is 7.18. The highest BCUT2D eigenvalue weighted by atomic mass is 16.4. The number of carboxylic acid groups (broad SMARTS) is 1. The fourth-order valence-corrected chi connectivity index (χ4v) is 1.19. The molecule has 2 aromatic rings. The maximum absolute atomic E-state index is 10.3. The van der Waals surface area contributed by atoms with Gasteiger partial charge in [-0.25, -0.2) is 9.48 Å². The van der Waals surface area contributed by atoms with Gasteiger partial charge >= 0.3 is 5.97 Å². The summed E-state index contributed by atoms with van der Waals surface area (Å²) in [6.45, 7) is 0. The van der Waals surface area contributed by atoms with E-state index in [1.807, 2.05) is 0 Å². The topological polar surface area (TPSA) is 80.9 Å². The highest BCUT2D eigenvalue weighted by Crippen LogP contribution is 2.08. The first-order chi connectivity index (χ1) is 7.75. The van der Waals surface area contributed by atoms with Crippen molar-refractivity contribution in [3.8, 4) is 5.69 Å². The number of rotatable bonds is 3. The number of hydrogen-bond acceptors (Lipinski definition) is 4. The lowest BCUT2D eigenvalue weighted by atomic mass is 10.2. The summed E-state index contributed by atoms with van der Waals surface area (Å²) in [7, 11) is 0. The van der Waals surface area contributed by atoms with Crippen LogP contribution in [0.4, 0.5) is 0 Å². The Hall–Kier alpha value is -2.50. The number of nitrogens with zero attached hydrogens (tertiary/aromatic N) is 4. The van der Waals surface area contributed by atoms with E-state index in [9.17, 15) is 4.79 Å². The Kier molecular flexibility index (Phi) is 2.73. The predicted octanol–water partition coefficient (Wildman–Crippen LogP) is 0.760. The molecule has 1 aromatic carbocycles. The third-order valence-electron chi connectivity index (χ3n) is 1.93. The van der Waals surface area contributed by atoms with Crippen molar-refractivity contribution in [1.82, 2.24) is 20.2 Å². The van der Waals surface area contributed by atoms with Gasteiger partial charge in [-0.05, 0) is 34.2 Å². The van der Waals surface area contributed by atoms with Gasteiger partial charge in [0.1, 0.15) is 6.33 Å². The van der Waals surface area contributed by atoms with Gasteiger partial charge < -0.3 is 5.11 Å². The summed E-state index contributed by atoms with van der Waals surface area (Å²) < 4.78 is 1.52. The summed E-state index contributed by atoms with van der Waals surface area (Å²) in [4.78, 5) is 10.3.